The zero-order valence-corrected chi connectivity index (χ0v) is 8.95. The smallest absolute Gasteiger partial charge is 0.358 e. The number of nitro groups is 1. The average Bonchev–Trinajstić information content (AvgIpc) is 2.78. The van der Waals surface area contributed by atoms with Gasteiger partial charge < -0.3 is 15.8 Å². The maximum absolute atomic E-state index is 10.5. The van der Waals surface area contributed by atoms with Gasteiger partial charge in [0.25, 0.3) is 0 Å². The number of nitrogens with two attached hydrogens (primary N) is 1. The zero-order chi connectivity index (χ0) is 11.5. The van der Waals surface area contributed by atoms with Crippen LogP contribution >= 0.6 is 0 Å². The maximum atomic E-state index is 10.5. The Kier molecular flexibility index (Phi) is 3.14. The van der Waals surface area contributed by atoms with Crippen LogP contribution in [0.4, 0.5) is 5.82 Å². The molecule has 0 aromatic carbocycles. The van der Waals surface area contributed by atoms with Crippen LogP contribution in [0, 0.1) is 16.0 Å². The minimum Gasteiger partial charge on any atom is -0.358 e. The van der Waals surface area contributed by atoms with Gasteiger partial charge in [-0.25, -0.2) is 0 Å². The third-order valence-electron chi connectivity index (χ3n) is 3.16. The fourth-order valence-corrected chi connectivity index (χ4v) is 2.14. The summed E-state index contributed by atoms with van der Waals surface area (Å²) in [5.41, 5.74) is 5.60. The van der Waals surface area contributed by atoms with Crippen molar-refractivity contribution in [2.75, 3.05) is 6.54 Å². The number of rotatable bonds is 3. The Bertz CT molecular complexity index is 370. The second-order valence-electron chi connectivity index (χ2n) is 4.19. The van der Waals surface area contributed by atoms with Gasteiger partial charge in [0.1, 0.15) is 0 Å². The Hall–Kier alpha value is -1.50. The van der Waals surface area contributed by atoms with Crippen molar-refractivity contribution >= 4 is 5.82 Å². The summed E-state index contributed by atoms with van der Waals surface area (Å²) in [5.74, 6) is 0.405. The quantitative estimate of drug-likeness (QED) is 0.607. The van der Waals surface area contributed by atoms with Crippen LogP contribution in [-0.4, -0.2) is 26.5 Å². The van der Waals surface area contributed by atoms with E-state index in [1.807, 2.05) is 0 Å². The number of hydrogen-bond donors (Lipinski definition) is 1. The van der Waals surface area contributed by atoms with E-state index >= 15 is 0 Å². The molecule has 1 aliphatic rings. The fourth-order valence-electron chi connectivity index (χ4n) is 2.14. The summed E-state index contributed by atoms with van der Waals surface area (Å²) in [4.78, 5) is 11.4. The first kappa shape index (κ1) is 11.0. The average molecular weight is 225 g/mol. The van der Waals surface area contributed by atoms with E-state index in [1.165, 1.54) is 11.0 Å². The van der Waals surface area contributed by atoms with Gasteiger partial charge in [0.15, 0.2) is 6.20 Å². The van der Waals surface area contributed by atoms with Crippen molar-refractivity contribution < 1.29 is 4.92 Å². The molecule has 2 rings (SSSR count). The van der Waals surface area contributed by atoms with Gasteiger partial charge in [-0.3, -0.25) is 0 Å². The lowest BCUT2D eigenvalue weighted by atomic mass is 9.86. The van der Waals surface area contributed by atoms with Crippen LogP contribution in [0.5, 0.6) is 0 Å². The van der Waals surface area contributed by atoms with Crippen LogP contribution in [0.2, 0.25) is 0 Å². The van der Waals surface area contributed by atoms with Gasteiger partial charge in [0.05, 0.1) is 11.1 Å². The summed E-state index contributed by atoms with van der Waals surface area (Å²) >= 11 is 0. The molecule has 0 aliphatic heterocycles. The molecule has 1 aliphatic carbocycles. The fraction of sp³-hybridized carbons (Fsp3) is 0.778. The van der Waals surface area contributed by atoms with Crippen LogP contribution in [0.3, 0.4) is 0 Å². The highest BCUT2D eigenvalue weighted by atomic mass is 16.6. The first-order chi connectivity index (χ1) is 7.70. The van der Waals surface area contributed by atoms with E-state index in [-0.39, 0.29) is 11.9 Å². The van der Waals surface area contributed by atoms with Crippen molar-refractivity contribution in [3.8, 4) is 0 Å². The van der Waals surface area contributed by atoms with Crippen molar-refractivity contribution in [2.24, 2.45) is 11.7 Å². The van der Waals surface area contributed by atoms with E-state index in [4.69, 9.17) is 5.73 Å². The standard InChI is InChI=1S/C9H15N5O2/c10-5-7-1-3-8(4-2-7)13-11-6-9(12-13)14(15)16/h6-8H,1-5,10H2. The molecule has 88 valence electrons. The molecule has 16 heavy (non-hydrogen) atoms. The molecule has 7 nitrogen and oxygen atoms in total. The van der Waals surface area contributed by atoms with E-state index in [0.29, 0.717) is 5.92 Å². The van der Waals surface area contributed by atoms with Gasteiger partial charge in [-0.05, 0) is 43.1 Å². The minimum absolute atomic E-state index is 0.180. The molecule has 7 heteroatoms. The summed E-state index contributed by atoms with van der Waals surface area (Å²) in [6, 6.07) is 0.191. The van der Waals surface area contributed by atoms with Crippen LogP contribution < -0.4 is 5.73 Å². The van der Waals surface area contributed by atoms with Gasteiger partial charge in [0.2, 0.25) is 0 Å². The summed E-state index contributed by atoms with van der Waals surface area (Å²) in [5, 5.41) is 18.3. The molecule has 0 bridgehead atoms. The summed E-state index contributed by atoms with van der Waals surface area (Å²) in [6.45, 7) is 0.722. The van der Waals surface area contributed by atoms with E-state index in [0.717, 1.165) is 32.2 Å². The molecule has 0 radical (unpaired) electrons. The highest BCUT2D eigenvalue weighted by molar-refractivity contribution is 5.08. The molecular formula is C9H15N5O2. The largest absolute Gasteiger partial charge is 0.410 e. The van der Waals surface area contributed by atoms with E-state index in [2.05, 4.69) is 10.2 Å². The van der Waals surface area contributed by atoms with Crippen molar-refractivity contribution in [1.29, 1.82) is 0 Å². The predicted molar refractivity (Wildman–Crippen MR) is 56.7 cm³/mol. The molecule has 0 atom stereocenters. The van der Waals surface area contributed by atoms with Crippen LogP contribution in [0.15, 0.2) is 6.20 Å². The molecule has 1 aromatic heterocycles. The number of nitrogens with zero attached hydrogens (tertiary/aromatic N) is 4. The normalized spacial score (nSPS) is 25.6. The van der Waals surface area contributed by atoms with Crippen LogP contribution in [0.25, 0.3) is 0 Å². The Labute approximate surface area is 92.8 Å². The summed E-state index contributed by atoms with van der Waals surface area (Å²) in [7, 11) is 0. The molecule has 0 saturated heterocycles. The second-order valence-corrected chi connectivity index (χ2v) is 4.19. The van der Waals surface area contributed by atoms with Gasteiger partial charge in [-0.1, -0.05) is 4.80 Å². The molecule has 1 fully saturated rings. The van der Waals surface area contributed by atoms with Crippen LogP contribution in [0.1, 0.15) is 31.7 Å². The van der Waals surface area contributed by atoms with E-state index < -0.39 is 4.92 Å². The third kappa shape index (κ3) is 2.19. The van der Waals surface area contributed by atoms with Gasteiger partial charge in [-0.2, -0.15) is 0 Å². The number of aromatic nitrogens is 3. The lowest BCUT2D eigenvalue weighted by Crippen LogP contribution is -2.24. The lowest BCUT2D eigenvalue weighted by Gasteiger charge is -2.25. The molecule has 1 aromatic rings. The monoisotopic (exact) mass is 225 g/mol. The molecular weight excluding hydrogens is 210 g/mol. The first-order valence-corrected chi connectivity index (χ1v) is 5.47. The summed E-state index contributed by atoms with van der Waals surface area (Å²) < 4.78 is 0. The SMILES string of the molecule is NCC1CCC(n2ncc([N+](=O)[O-])n2)CC1. The second kappa shape index (κ2) is 4.56. The third-order valence-corrected chi connectivity index (χ3v) is 3.16. The van der Waals surface area contributed by atoms with Crippen LogP contribution in [-0.2, 0) is 0 Å². The number of hydrogen-bond acceptors (Lipinski definition) is 5. The van der Waals surface area contributed by atoms with Crippen molar-refractivity contribution in [2.45, 2.75) is 31.7 Å². The predicted octanol–water partition coefficient (Wildman–Crippen LogP) is 0.876. The zero-order valence-electron chi connectivity index (χ0n) is 8.95. The highest BCUT2D eigenvalue weighted by Crippen LogP contribution is 2.30. The Morgan fingerprint density at radius 3 is 2.69 bits per heavy atom. The molecule has 1 heterocycles. The van der Waals surface area contributed by atoms with E-state index in [1.54, 1.807) is 0 Å². The maximum Gasteiger partial charge on any atom is 0.410 e. The molecule has 2 N–H and O–H groups in total. The molecule has 0 spiro atoms. The summed E-state index contributed by atoms with van der Waals surface area (Å²) in [6.07, 6.45) is 5.21. The van der Waals surface area contributed by atoms with Crippen molar-refractivity contribution in [3.05, 3.63) is 16.3 Å². The van der Waals surface area contributed by atoms with Crippen molar-refractivity contribution in [1.82, 2.24) is 15.0 Å². The molecule has 0 unspecified atom stereocenters. The van der Waals surface area contributed by atoms with Crippen molar-refractivity contribution in [3.63, 3.8) is 0 Å². The Morgan fingerprint density at radius 2 is 2.19 bits per heavy atom. The van der Waals surface area contributed by atoms with Gasteiger partial charge >= 0.3 is 5.82 Å². The lowest BCUT2D eigenvalue weighted by molar-refractivity contribution is -0.389. The Balaban J connectivity index is 2.00. The topological polar surface area (TPSA) is 99.9 Å². The van der Waals surface area contributed by atoms with E-state index in [9.17, 15) is 10.1 Å². The molecule has 0 amide bonds. The minimum atomic E-state index is -0.519. The van der Waals surface area contributed by atoms with Gasteiger partial charge in [-0.15, -0.1) is 5.10 Å². The van der Waals surface area contributed by atoms with Gasteiger partial charge in [0, 0.05) is 0 Å². The first-order valence-electron chi connectivity index (χ1n) is 5.47. The highest BCUT2D eigenvalue weighted by Gasteiger charge is 2.26. The Morgan fingerprint density at radius 1 is 1.50 bits per heavy atom. The molecule has 1 saturated carbocycles.